The van der Waals surface area contributed by atoms with Gasteiger partial charge in [0.15, 0.2) is 11.5 Å². The first-order valence-electron chi connectivity index (χ1n) is 8.72. The van der Waals surface area contributed by atoms with Crippen molar-refractivity contribution >= 4 is 22.9 Å². The van der Waals surface area contributed by atoms with Crippen molar-refractivity contribution in [3.05, 3.63) is 58.5 Å². The summed E-state index contributed by atoms with van der Waals surface area (Å²) in [6.07, 6.45) is 1.89. The van der Waals surface area contributed by atoms with Gasteiger partial charge in [0.25, 0.3) is 5.91 Å². The number of ether oxygens (including phenoxy) is 3. The Morgan fingerprint density at radius 1 is 1.04 bits per heavy atom. The lowest BCUT2D eigenvalue weighted by molar-refractivity contribution is 0.103. The molecule has 136 valence electrons. The number of carbonyl (C=O) groups is 1. The van der Waals surface area contributed by atoms with Crippen LogP contribution >= 0.6 is 11.3 Å². The maximum Gasteiger partial charge on any atom is 0.265 e. The van der Waals surface area contributed by atoms with Crippen molar-refractivity contribution in [1.29, 1.82) is 0 Å². The van der Waals surface area contributed by atoms with Crippen molar-refractivity contribution in [3.8, 4) is 27.7 Å². The van der Waals surface area contributed by atoms with Gasteiger partial charge in [0.2, 0.25) is 6.79 Å². The van der Waals surface area contributed by atoms with E-state index in [-0.39, 0.29) is 12.7 Å². The number of fused-ring (bicyclic) bond motifs is 4. The first-order valence-corrected chi connectivity index (χ1v) is 9.54. The lowest BCUT2D eigenvalue weighted by Crippen LogP contribution is -2.10. The Morgan fingerprint density at radius 3 is 2.78 bits per heavy atom. The molecule has 1 aliphatic heterocycles. The Balaban J connectivity index is 1.42. The van der Waals surface area contributed by atoms with Crippen LogP contribution in [-0.2, 0) is 12.8 Å². The lowest BCUT2D eigenvalue weighted by atomic mass is 9.91. The number of nitrogens with one attached hydrogen (secondary N) is 1. The second-order valence-corrected chi connectivity index (χ2v) is 7.56. The second-order valence-electron chi connectivity index (χ2n) is 6.51. The van der Waals surface area contributed by atoms with Gasteiger partial charge in [-0.2, -0.15) is 0 Å². The number of methoxy groups -OCH3 is 1. The molecular formula is C21H17NO4S. The Morgan fingerprint density at radius 2 is 1.89 bits per heavy atom. The Hall–Kier alpha value is -2.99. The summed E-state index contributed by atoms with van der Waals surface area (Å²) >= 11 is 1.54. The number of thiophene rings is 1. The topological polar surface area (TPSA) is 56.8 Å². The summed E-state index contributed by atoms with van der Waals surface area (Å²) in [6, 6.07) is 13.6. The number of anilines is 1. The normalized spacial score (nSPS) is 13.7. The van der Waals surface area contributed by atoms with E-state index in [0.29, 0.717) is 22.1 Å². The molecule has 0 unspecified atom stereocenters. The fraction of sp³-hybridized carbons (Fsp3) is 0.190. The zero-order valence-electron chi connectivity index (χ0n) is 14.7. The highest BCUT2D eigenvalue weighted by molar-refractivity contribution is 7.17. The first-order chi connectivity index (χ1) is 13.2. The number of hydrogen-bond acceptors (Lipinski definition) is 5. The van der Waals surface area contributed by atoms with E-state index < -0.39 is 0 Å². The quantitative estimate of drug-likeness (QED) is 0.728. The molecule has 1 aromatic heterocycles. The highest BCUT2D eigenvalue weighted by atomic mass is 32.1. The van der Waals surface area contributed by atoms with Crippen LogP contribution in [-0.4, -0.2) is 19.8 Å². The molecule has 0 atom stereocenters. The molecule has 2 aliphatic rings. The van der Waals surface area contributed by atoms with Crippen LogP contribution in [0.4, 0.5) is 5.69 Å². The predicted octanol–water partition coefficient (Wildman–Crippen LogP) is 4.50. The molecule has 3 aromatic rings. The molecule has 0 spiro atoms. The SMILES string of the molecule is COc1ccc2c(c1)CCc1cc(C(=O)Nc3ccc4c(c3)OCO4)sc1-2. The van der Waals surface area contributed by atoms with Gasteiger partial charge in [0.05, 0.1) is 12.0 Å². The smallest absolute Gasteiger partial charge is 0.265 e. The molecule has 1 N–H and O–H groups in total. The number of benzene rings is 2. The minimum absolute atomic E-state index is 0.108. The summed E-state index contributed by atoms with van der Waals surface area (Å²) in [5.74, 6) is 2.12. The summed E-state index contributed by atoms with van der Waals surface area (Å²) < 4.78 is 16.0. The molecule has 27 heavy (non-hydrogen) atoms. The van der Waals surface area contributed by atoms with Gasteiger partial charge in [-0.05, 0) is 65.9 Å². The second kappa shape index (κ2) is 6.32. The van der Waals surface area contributed by atoms with Gasteiger partial charge in [-0.3, -0.25) is 4.79 Å². The fourth-order valence-corrected chi connectivity index (χ4v) is 4.68. The highest BCUT2D eigenvalue weighted by Crippen LogP contribution is 2.41. The van der Waals surface area contributed by atoms with Crippen molar-refractivity contribution in [2.45, 2.75) is 12.8 Å². The Kier molecular flexibility index (Phi) is 3.79. The molecule has 1 amide bonds. The molecule has 0 saturated heterocycles. The number of amides is 1. The molecular weight excluding hydrogens is 362 g/mol. The van der Waals surface area contributed by atoms with Crippen molar-refractivity contribution < 1.29 is 19.0 Å². The fourth-order valence-electron chi connectivity index (χ4n) is 3.52. The van der Waals surface area contributed by atoms with Crippen LogP contribution < -0.4 is 19.5 Å². The summed E-state index contributed by atoms with van der Waals surface area (Å²) in [5, 5.41) is 2.96. The van der Waals surface area contributed by atoms with E-state index in [2.05, 4.69) is 17.4 Å². The van der Waals surface area contributed by atoms with Crippen molar-refractivity contribution in [2.75, 3.05) is 19.2 Å². The molecule has 0 radical (unpaired) electrons. The van der Waals surface area contributed by atoms with Gasteiger partial charge in [0.1, 0.15) is 5.75 Å². The van der Waals surface area contributed by atoms with Gasteiger partial charge < -0.3 is 19.5 Å². The Labute approximate surface area is 160 Å². The lowest BCUT2D eigenvalue weighted by Gasteiger charge is -2.16. The van der Waals surface area contributed by atoms with E-state index >= 15 is 0 Å². The Bertz CT molecular complexity index is 1060. The molecule has 5 nitrogen and oxygen atoms in total. The molecule has 1 aliphatic carbocycles. The van der Waals surface area contributed by atoms with Crippen LogP contribution in [0.5, 0.6) is 17.2 Å². The average Bonchev–Trinajstić information content (AvgIpc) is 3.33. The average molecular weight is 379 g/mol. The van der Waals surface area contributed by atoms with Crippen LogP contribution in [0.1, 0.15) is 20.8 Å². The summed E-state index contributed by atoms with van der Waals surface area (Å²) in [4.78, 5) is 14.6. The summed E-state index contributed by atoms with van der Waals surface area (Å²) in [7, 11) is 1.68. The molecule has 0 fully saturated rings. The summed E-state index contributed by atoms with van der Waals surface area (Å²) in [5.41, 5.74) is 4.39. The number of rotatable bonds is 3. The predicted molar refractivity (Wildman–Crippen MR) is 104 cm³/mol. The molecule has 0 bridgehead atoms. The van der Waals surface area contributed by atoms with Gasteiger partial charge in [-0.25, -0.2) is 0 Å². The van der Waals surface area contributed by atoms with E-state index in [0.717, 1.165) is 18.6 Å². The van der Waals surface area contributed by atoms with E-state index in [1.165, 1.54) is 32.9 Å². The maximum absolute atomic E-state index is 12.8. The molecule has 6 heteroatoms. The first kappa shape index (κ1) is 16.2. The minimum Gasteiger partial charge on any atom is -0.497 e. The van der Waals surface area contributed by atoms with E-state index in [9.17, 15) is 4.79 Å². The van der Waals surface area contributed by atoms with Crippen LogP contribution in [0.3, 0.4) is 0 Å². The minimum atomic E-state index is -0.108. The van der Waals surface area contributed by atoms with E-state index in [1.807, 2.05) is 18.2 Å². The van der Waals surface area contributed by atoms with Crippen LogP contribution in [0.2, 0.25) is 0 Å². The molecule has 5 rings (SSSR count). The summed E-state index contributed by atoms with van der Waals surface area (Å²) in [6.45, 7) is 0.217. The van der Waals surface area contributed by atoms with Crippen LogP contribution in [0.15, 0.2) is 42.5 Å². The maximum atomic E-state index is 12.8. The standard InChI is InChI=1S/C21H17NO4S/c1-24-15-5-6-16-12(8-15)2-3-13-9-19(27-20(13)16)21(23)22-14-4-7-17-18(10-14)26-11-25-17/h4-10H,2-3,11H2,1H3,(H,22,23). The third-order valence-electron chi connectivity index (χ3n) is 4.88. The third kappa shape index (κ3) is 2.82. The number of hydrogen-bond donors (Lipinski definition) is 1. The van der Waals surface area contributed by atoms with Crippen LogP contribution in [0, 0.1) is 0 Å². The van der Waals surface area contributed by atoms with Crippen molar-refractivity contribution in [1.82, 2.24) is 0 Å². The molecule has 2 aromatic carbocycles. The van der Waals surface area contributed by atoms with E-state index in [1.54, 1.807) is 19.2 Å². The van der Waals surface area contributed by atoms with Crippen LogP contribution in [0.25, 0.3) is 10.4 Å². The number of aryl methyl sites for hydroxylation is 2. The molecule has 0 saturated carbocycles. The highest BCUT2D eigenvalue weighted by Gasteiger charge is 2.22. The largest absolute Gasteiger partial charge is 0.497 e. The third-order valence-corrected chi connectivity index (χ3v) is 6.09. The van der Waals surface area contributed by atoms with Crippen molar-refractivity contribution in [3.63, 3.8) is 0 Å². The zero-order chi connectivity index (χ0) is 18.4. The van der Waals surface area contributed by atoms with Gasteiger partial charge in [0, 0.05) is 16.6 Å². The van der Waals surface area contributed by atoms with Gasteiger partial charge in [-0.15, -0.1) is 11.3 Å². The van der Waals surface area contributed by atoms with Gasteiger partial charge in [-0.1, -0.05) is 0 Å². The number of carbonyl (C=O) groups excluding carboxylic acids is 1. The van der Waals surface area contributed by atoms with Crippen molar-refractivity contribution in [2.24, 2.45) is 0 Å². The zero-order valence-corrected chi connectivity index (χ0v) is 15.5. The molecule has 2 heterocycles. The monoisotopic (exact) mass is 379 g/mol. The van der Waals surface area contributed by atoms with Gasteiger partial charge >= 0.3 is 0 Å². The van der Waals surface area contributed by atoms with E-state index in [4.69, 9.17) is 14.2 Å².